The van der Waals surface area contributed by atoms with E-state index in [1.807, 2.05) is 42.5 Å². The number of nitrogens with one attached hydrogen (secondary N) is 1. The summed E-state index contributed by atoms with van der Waals surface area (Å²) >= 11 is 0. The van der Waals surface area contributed by atoms with Crippen LogP contribution in [0.2, 0.25) is 0 Å². The van der Waals surface area contributed by atoms with Gasteiger partial charge in [0.2, 0.25) is 0 Å². The summed E-state index contributed by atoms with van der Waals surface area (Å²) in [5.41, 5.74) is 10.9. The molecular formula is C20H17N5. The lowest BCUT2D eigenvalue weighted by molar-refractivity contribution is 1.22. The minimum atomic E-state index is 0.466. The molecule has 0 amide bonds. The van der Waals surface area contributed by atoms with E-state index in [2.05, 4.69) is 27.9 Å². The summed E-state index contributed by atoms with van der Waals surface area (Å²) in [6.45, 7) is 3.83. The Morgan fingerprint density at radius 1 is 1.24 bits per heavy atom. The molecule has 0 spiro atoms. The predicted octanol–water partition coefficient (Wildman–Crippen LogP) is 3.95. The van der Waals surface area contributed by atoms with Crippen LogP contribution < -0.4 is 11.1 Å². The van der Waals surface area contributed by atoms with Gasteiger partial charge in [-0.3, -0.25) is 4.98 Å². The number of nitriles is 1. The molecule has 122 valence electrons. The van der Waals surface area contributed by atoms with E-state index in [0.717, 1.165) is 16.7 Å². The third-order valence-electron chi connectivity index (χ3n) is 3.87. The van der Waals surface area contributed by atoms with E-state index in [0.29, 0.717) is 28.5 Å². The monoisotopic (exact) mass is 327 g/mol. The summed E-state index contributed by atoms with van der Waals surface area (Å²) < 4.78 is 0. The molecule has 0 aliphatic carbocycles. The fourth-order valence-corrected chi connectivity index (χ4v) is 2.69. The number of hydrogen-bond acceptors (Lipinski definition) is 5. The standard InChI is InChI=1S/C20H17N5/c1-3-13-7-5-9-24-19(13)18-11-16(14-6-4-8-15(22)10-14)17(12-21)20(23-2)25-18/h3-11H,1,22H2,2H3,(H,23,25). The van der Waals surface area contributed by atoms with Gasteiger partial charge in [-0.05, 0) is 29.8 Å². The maximum atomic E-state index is 9.63. The quantitative estimate of drug-likeness (QED) is 0.708. The van der Waals surface area contributed by atoms with Crippen LogP contribution in [0.3, 0.4) is 0 Å². The molecule has 1 aromatic carbocycles. The van der Waals surface area contributed by atoms with Crippen LogP contribution in [0, 0.1) is 11.3 Å². The largest absolute Gasteiger partial charge is 0.399 e. The van der Waals surface area contributed by atoms with Crippen LogP contribution in [-0.2, 0) is 0 Å². The smallest absolute Gasteiger partial charge is 0.145 e. The predicted molar refractivity (Wildman–Crippen MR) is 102 cm³/mol. The average molecular weight is 327 g/mol. The van der Waals surface area contributed by atoms with E-state index in [4.69, 9.17) is 5.73 Å². The van der Waals surface area contributed by atoms with Crippen molar-refractivity contribution in [3.8, 4) is 28.6 Å². The second-order valence-corrected chi connectivity index (χ2v) is 5.41. The lowest BCUT2D eigenvalue weighted by atomic mass is 9.98. The Morgan fingerprint density at radius 2 is 2.08 bits per heavy atom. The molecule has 0 aliphatic rings. The van der Waals surface area contributed by atoms with Crippen molar-refractivity contribution in [1.29, 1.82) is 5.26 Å². The van der Waals surface area contributed by atoms with Crippen molar-refractivity contribution in [3.63, 3.8) is 0 Å². The number of nitrogen functional groups attached to an aromatic ring is 1. The number of nitrogens with zero attached hydrogens (tertiary/aromatic N) is 3. The van der Waals surface area contributed by atoms with Gasteiger partial charge < -0.3 is 11.1 Å². The molecule has 2 aromatic heterocycles. The van der Waals surface area contributed by atoms with Gasteiger partial charge in [0, 0.05) is 30.1 Å². The topological polar surface area (TPSA) is 87.6 Å². The van der Waals surface area contributed by atoms with Gasteiger partial charge in [0.05, 0.1) is 11.4 Å². The van der Waals surface area contributed by atoms with E-state index in [9.17, 15) is 5.26 Å². The first-order chi connectivity index (χ1) is 12.2. The first kappa shape index (κ1) is 16.2. The summed E-state index contributed by atoms with van der Waals surface area (Å²) in [7, 11) is 1.74. The summed E-state index contributed by atoms with van der Waals surface area (Å²) in [4.78, 5) is 9.01. The maximum absolute atomic E-state index is 9.63. The molecule has 3 aromatic rings. The zero-order chi connectivity index (χ0) is 17.8. The number of benzene rings is 1. The van der Waals surface area contributed by atoms with E-state index < -0.39 is 0 Å². The van der Waals surface area contributed by atoms with Crippen LogP contribution in [0.15, 0.2) is 55.2 Å². The molecule has 3 rings (SSSR count). The fraction of sp³-hybridized carbons (Fsp3) is 0.0500. The van der Waals surface area contributed by atoms with Crippen LogP contribution in [0.4, 0.5) is 11.5 Å². The van der Waals surface area contributed by atoms with Gasteiger partial charge >= 0.3 is 0 Å². The molecule has 0 saturated carbocycles. The number of pyridine rings is 2. The number of hydrogen-bond donors (Lipinski definition) is 2. The zero-order valence-electron chi connectivity index (χ0n) is 13.8. The molecule has 25 heavy (non-hydrogen) atoms. The van der Waals surface area contributed by atoms with E-state index in [1.165, 1.54) is 0 Å². The van der Waals surface area contributed by atoms with Gasteiger partial charge in [-0.25, -0.2) is 4.98 Å². The number of aromatic nitrogens is 2. The van der Waals surface area contributed by atoms with Crippen LogP contribution in [0.1, 0.15) is 11.1 Å². The van der Waals surface area contributed by atoms with Crippen molar-refractivity contribution < 1.29 is 0 Å². The average Bonchev–Trinajstić information content (AvgIpc) is 2.66. The highest BCUT2D eigenvalue weighted by Gasteiger charge is 2.16. The number of anilines is 2. The fourth-order valence-electron chi connectivity index (χ4n) is 2.69. The molecule has 5 heteroatoms. The molecule has 0 atom stereocenters. The molecule has 0 unspecified atom stereocenters. The summed E-state index contributed by atoms with van der Waals surface area (Å²) in [5.74, 6) is 0.498. The van der Waals surface area contributed by atoms with Crippen LogP contribution in [0.5, 0.6) is 0 Å². The summed E-state index contributed by atoms with van der Waals surface area (Å²) in [6.07, 6.45) is 3.45. The third kappa shape index (κ3) is 3.06. The van der Waals surface area contributed by atoms with Crippen molar-refractivity contribution in [3.05, 3.63) is 66.4 Å². The van der Waals surface area contributed by atoms with Crippen molar-refractivity contribution >= 4 is 17.6 Å². The minimum absolute atomic E-state index is 0.466. The van der Waals surface area contributed by atoms with Crippen LogP contribution in [0.25, 0.3) is 28.6 Å². The molecule has 0 saturated heterocycles. The van der Waals surface area contributed by atoms with Crippen molar-refractivity contribution in [2.24, 2.45) is 0 Å². The van der Waals surface area contributed by atoms with E-state index in [-0.39, 0.29) is 0 Å². The lowest BCUT2D eigenvalue weighted by Gasteiger charge is -2.13. The normalized spacial score (nSPS) is 10.1. The molecule has 2 heterocycles. The number of rotatable bonds is 4. The van der Waals surface area contributed by atoms with Crippen LogP contribution >= 0.6 is 0 Å². The number of nitrogens with two attached hydrogens (primary N) is 1. The Morgan fingerprint density at radius 3 is 2.76 bits per heavy atom. The second-order valence-electron chi connectivity index (χ2n) is 5.41. The minimum Gasteiger partial charge on any atom is -0.399 e. The van der Waals surface area contributed by atoms with Crippen LogP contribution in [-0.4, -0.2) is 17.0 Å². The molecule has 3 N–H and O–H groups in total. The summed E-state index contributed by atoms with van der Waals surface area (Å²) in [6, 6.07) is 15.3. The van der Waals surface area contributed by atoms with Gasteiger partial charge in [0.25, 0.3) is 0 Å². The molecule has 5 nitrogen and oxygen atoms in total. The Bertz CT molecular complexity index is 986. The third-order valence-corrected chi connectivity index (χ3v) is 3.87. The SMILES string of the molecule is C=Cc1cccnc1-c1cc(-c2cccc(N)c2)c(C#N)c(NC)n1. The summed E-state index contributed by atoms with van der Waals surface area (Å²) in [5, 5.41) is 12.6. The second kappa shape index (κ2) is 6.85. The Hall–Kier alpha value is -3.65. The molecular weight excluding hydrogens is 310 g/mol. The zero-order valence-corrected chi connectivity index (χ0v) is 13.8. The van der Waals surface area contributed by atoms with Crippen molar-refractivity contribution in [1.82, 2.24) is 9.97 Å². The highest BCUT2D eigenvalue weighted by Crippen LogP contribution is 2.33. The van der Waals surface area contributed by atoms with Gasteiger partial charge in [-0.15, -0.1) is 0 Å². The Labute approximate surface area is 146 Å². The van der Waals surface area contributed by atoms with Gasteiger partial charge in [0.1, 0.15) is 17.5 Å². The molecule has 0 aliphatic heterocycles. The van der Waals surface area contributed by atoms with E-state index in [1.54, 1.807) is 19.3 Å². The van der Waals surface area contributed by atoms with Crippen molar-refractivity contribution in [2.45, 2.75) is 0 Å². The molecule has 0 fully saturated rings. The van der Waals surface area contributed by atoms with Gasteiger partial charge in [0.15, 0.2) is 0 Å². The maximum Gasteiger partial charge on any atom is 0.145 e. The van der Waals surface area contributed by atoms with E-state index >= 15 is 0 Å². The van der Waals surface area contributed by atoms with Gasteiger partial charge in [-0.2, -0.15) is 5.26 Å². The Balaban J connectivity index is 2.31. The highest BCUT2D eigenvalue weighted by atomic mass is 15.0. The Kier molecular flexibility index (Phi) is 4.44. The highest BCUT2D eigenvalue weighted by molar-refractivity contribution is 5.82. The first-order valence-electron chi connectivity index (χ1n) is 7.74. The van der Waals surface area contributed by atoms with Gasteiger partial charge in [-0.1, -0.05) is 30.9 Å². The van der Waals surface area contributed by atoms with Crippen molar-refractivity contribution in [2.75, 3.05) is 18.1 Å². The molecule has 0 radical (unpaired) electrons. The lowest BCUT2D eigenvalue weighted by Crippen LogP contribution is -2.02. The first-order valence-corrected chi connectivity index (χ1v) is 7.74. The molecule has 0 bridgehead atoms.